The van der Waals surface area contributed by atoms with Crippen LogP contribution in [0.15, 0.2) is 39.6 Å². The molecule has 2 N–H and O–H groups in total. The van der Waals surface area contributed by atoms with Gasteiger partial charge in [-0.05, 0) is 31.5 Å². The van der Waals surface area contributed by atoms with Crippen LogP contribution in [-0.2, 0) is 19.9 Å². The van der Waals surface area contributed by atoms with Gasteiger partial charge in [0.1, 0.15) is 0 Å². The summed E-state index contributed by atoms with van der Waals surface area (Å²) in [6.07, 6.45) is 3.99. The van der Waals surface area contributed by atoms with Crippen molar-refractivity contribution >= 4 is 25.5 Å². The SMILES string of the molecule is CC1=CCCN(c2ccc(S(N)(=O)=O)cc2S(C)(=O)=O)C1. The molecule has 0 radical (unpaired) electrons. The number of sulfonamides is 1. The second kappa shape index (κ2) is 5.43. The van der Waals surface area contributed by atoms with E-state index in [4.69, 9.17) is 5.14 Å². The molecule has 2 rings (SSSR count). The third-order valence-electron chi connectivity index (χ3n) is 3.33. The highest BCUT2D eigenvalue weighted by molar-refractivity contribution is 7.91. The summed E-state index contributed by atoms with van der Waals surface area (Å²) >= 11 is 0. The Balaban J connectivity index is 2.59. The van der Waals surface area contributed by atoms with E-state index in [1.54, 1.807) is 0 Å². The molecular formula is C13H18N2O4S2. The highest BCUT2D eigenvalue weighted by Gasteiger charge is 2.22. The summed E-state index contributed by atoms with van der Waals surface area (Å²) in [6.45, 7) is 3.29. The molecule has 1 heterocycles. The van der Waals surface area contributed by atoms with Gasteiger partial charge in [-0.25, -0.2) is 22.0 Å². The summed E-state index contributed by atoms with van der Waals surface area (Å²) in [5.74, 6) is 0. The van der Waals surface area contributed by atoms with E-state index in [-0.39, 0.29) is 9.79 Å². The molecule has 6 nitrogen and oxygen atoms in total. The zero-order chi connectivity index (χ0) is 15.8. The van der Waals surface area contributed by atoms with E-state index in [9.17, 15) is 16.8 Å². The fourth-order valence-electron chi connectivity index (χ4n) is 2.35. The van der Waals surface area contributed by atoms with E-state index in [1.165, 1.54) is 12.1 Å². The third kappa shape index (κ3) is 3.63. The van der Waals surface area contributed by atoms with Crippen molar-refractivity contribution in [3.05, 3.63) is 29.8 Å². The summed E-state index contributed by atoms with van der Waals surface area (Å²) in [5, 5.41) is 5.07. The molecule has 1 aromatic carbocycles. The molecular weight excluding hydrogens is 312 g/mol. The number of rotatable bonds is 3. The monoisotopic (exact) mass is 330 g/mol. The van der Waals surface area contributed by atoms with Gasteiger partial charge in [-0.15, -0.1) is 0 Å². The van der Waals surface area contributed by atoms with Gasteiger partial charge in [0.15, 0.2) is 9.84 Å². The maximum absolute atomic E-state index is 12.0. The van der Waals surface area contributed by atoms with Crippen molar-refractivity contribution in [3.63, 3.8) is 0 Å². The molecule has 0 amide bonds. The number of hydrogen-bond acceptors (Lipinski definition) is 5. The summed E-state index contributed by atoms with van der Waals surface area (Å²) in [4.78, 5) is 1.72. The normalized spacial score (nSPS) is 16.7. The van der Waals surface area contributed by atoms with E-state index >= 15 is 0 Å². The molecule has 1 aliphatic rings. The second-order valence-electron chi connectivity index (χ2n) is 5.21. The topological polar surface area (TPSA) is 97.5 Å². The Hall–Kier alpha value is -1.38. The Morgan fingerprint density at radius 2 is 1.86 bits per heavy atom. The first-order valence-electron chi connectivity index (χ1n) is 6.36. The van der Waals surface area contributed by atoms with Gasteiger partial charge in [-0.1, -0.05) is 11.6 Å². The zero-order valence-electron chi connectivity index (χ0n) is 11.9. The Kier molecular flexibility index (Phi) is 4.14. The number of primary sulfonamides is 1. The number of sulfone groups is 1. The van der Waals surface area contributed by atoms with Crippen molar-refractivity contribution in [1.29, 1.82) is 0 Å². The number of nitrogens with zero attached hydrogens (tertiary/aromatic N) is 1. The van der Waals surface area contributed by atoms with Crippen LogP contribution in [0.1, 0.15) is 13.3 Å². The van der Waals surface area contributed by atoms with E-state index in [0.717, 1.165) is 24.3 Å². The average Bonchev–Trinajstić information content (AvgIpc) is 2.36. The molecule has 1 aromatic rings. The van der Waals surface area contributed by atoms with Crippen molar-refractivity contribution in [2.45, 2.75) is 23.1 Å². The van der Waals surface area contributed by atoms with Crippen molar-refractivity contribution in [3.8, 4) is 0 Å². The lowest BCUT2D eigenvalue weighted by Crippen LogP contribution is -2.30. The molecule has 0 spiro atoms. The van der Waals surface area contributed by atoms with Crippen LogP contribution in [0, 0.1) is 0 Å². The predicted octanol–water partition coefficient (Wildman–Crippen LogP) is 0.894. The van der Waals surface area contributed by atoms with Gasteiger partial charge < -0.3 is 4.90 Å². The molecule has 0 aromatic heterocycles. The van der Waals surface area contributed by atoms with E-state index in [1.807, 2.05) is 11.8 Å². The fourth-order valence-corrected chi connectivity index (χ4v) is 3.88. The van der Waals surface area contributed by atoms with Crippen molar-refractivity contribution < 1.29 is 16.8 Å². The van der Waals surface area contributed by atoms with Gasteiger partial charge in [-0.2, -0.15) is 0 Å². The Labute approximate surface area is 125 Å². The Bertz CT molecular complexity index is 795. The van der Waals surface area contributed by atoms with Gasteiger partial charge in [0.05, 0.1) is 15.5 Å². The van der Waals surface area contributed by atoms with Crippen molar-refractivity contribution in [1.82, 2.24) is 0 Å². The minimum Gasteiger partial charge on any atom is -0.366 e. The molecule has 0 fully saturated rings. The standard InChI is InChI=1S/C13H18N2O4S2/c1-10-4-3-7-15(9-10)12-6-5-11(21(14,18)19)8-13(12)20(2,16)17/h4-6,8H,3,7,9H2,1-2H3,(H2,14,18,19). The Morgan fingerprint density at radius 1 is 1.19 bits per heavy atom. The minimum atomic E-state index is -3.94. The average molecular weight is 330 g/mol. The number of nitrogens with two attached hydrogens (primary N) is 1. The zero-order valence-corrected chi connectivity index (χ0v) is 13.5. The third-order valence-corrected chi connectivity index (χ3v) is 5.37. The first-order valence-corrected chi connectivity index (χ1v) is 9.80. The van der Waals surface area contributed by atoms with Gasteiger partial charge in [0, 0.05) is 19.3 Å². The number of hydrogen-bond donors (Lipinski definition) is 1. The van der Waals surface area contributed by atoms with Crippen LogP contribution in [0.4, 0.5) is 5.69 Å². The van der Waals surface area contributed by atoms with Crippen LogP contribution in [0.25, 0.3) is 0 Å². The summed E-state index contributed by atoms with van der Waals surface area (Å²) < 4.78 is 46.8. The number of benzene rings is 1. The first-order chi connectivity index (χ1) is 9.59. The predicted molar refractivity (Wildman–Crippen MR) is 81.5 cm³/mol. The summed E-state index contributed by atoms with van der Waals surface area (Å²) in [6, 6.07) is 3.98. The maximum atomic E-state index is 12.0. The van der Waals surface area contributed by atoms with Crippen LogP contribution in [0.3, 0.4) is 0 Å². The quantitative estimate of drug-likeness (QED) is 0.830. The molecule has 0 saturated carbocycles. The molecule has 0 aliphatic carbocycles. The van der Waals surface area contributed by atoms with E-state index in [0.29, 0.717) is 18.8 Å². The van der Waals surface area contributed by atoms with Crippen LogP contribution in [-0.4, -0.2) is 36.2 Å². The van der Waals surface area contributed by atoms with Crippen LogP contribution in [0.2, 0.25) is 0 Å². The maximum Gasteiger partial charge on any atom is 0.238 e. The van der Waals surface area contributed by atoms with E-state index < -0.39 is 19.9 Å². The molecule has 1 aliphatic heterocycles. The molecule has 21 heavy (non-hydrogen) atoms. The smallest absolute Gasteiger partial charge is 0.238 e. The Morgan fingerprint density at radius 3 is 2.38 bits per heavy atom. The van der Waals surface area contributed by atoms with Crippen LogP contribution in [0.5, 0.6) is 0 Å². The molecule has 0 atom stereocenters. The number of anilines is 1. The lowest BCUT2D eigenvalue weighted by Gasteiger charge is -2.30. The largest absolute Gasteiger partial charge is 0.366 e. The molecule has 0 unspecified atom stereocenters. The molecule has 8 heteroatoms. The van der Waals surface area contributed by atoms with Crippen molar-refractivity contribution in [2.24, 2.45) is 5.14 Å². The fraction of sp³-hybridized carbons (Fsp3) is 0.385. The second-order valence-corrected chi connectivity index (χ2v) is 8.75. The van der Waals surface area contributed by atoms with Crippen LogP contribution >= 0.6 is 0 Å². The minimum absolute atomic E-state index is 0.0104. The van der Waals surface area contributed by atoms with E-state index in [2.05, 4.69) is 6.08 Å². The highest BCUT2D eigenvalue weighted by atomic mass is 32.2. The first kappa shape index (κ1) is 16.0. The lowest BCUT2D eigenvalue weighted by molar-refractivity contribution is 0.597. The van der Waals surface area contributed by atoms with Gasteiger partial charge in [0.2, 0.25) is 10.0 Å². The van der Waals surface area contributed by atoms with Gasteiger partial charge >= 0.3 is 0 Å². The van der Waals surface area contributed by atoms with Gasteiger partial charge in [-0.3, -0.25) is 0 Å². The molecule has 0 saturated heterocycles. The summed E-state index contributed by atoms with van der Waals surface area (Å²) in [7, 11) is -7.50. The van der Waals surface area contributed by atoms with Gasteiger partial charge in [0.25, 0.3) is 0 Å². The lowest BCUT2D eigenvalue weighted by atomic mass is 10.1. The molecule has 116 valence electrons. The highest BCUT2D eigenvalue weighted by Crippen LogP contribution is 2.29. The van der Waals surface area contributed by atoms with Crippen molar-refractivity contribution in [2.75, 3.05) is 24.2 Å². The van der Waals surface area contributed by atoms with Crippen LogP contribution < -0.4 is 10.0 Å². The summed E-state index contributed by atoms with van der Waals surface area (Å²) in [5.41, 5.74) is 1.66. The molecule has 0 bridgehead atoms.